The maximum atomic E-state index is 12.1. The Kier molecular flexibility index (Phi) is 4.50. The number of hydrogen-bond acceptors (Lipinski definition) is 5. The second-order valence-electron chi connectivity index (χ2n) is 6.39. The van der Waals surface area contributed by atoms with E-state index in [1.54, 1.807) is 41.5 Å². The fraction of sp³-hybridized carbons (Fsp3) is 0.389. The number of benzene rings is 1. The number of amides is 3. The lowest BCUT2D eigenvalue weighted by Gasteiger charge is -2.26. The summed E-state index contributed by atoms with van der Waals surface area (Å²) in [6.07, 6.45) is 4.18. The van der Waals surface area contributed by atoms with Crippen molar-refractivity contribution < 1.29 is 14.3 Å². The van der Waals surface area contributed by atoms with Gasteiger partial charge in [-0.1, -0.05) is 0 Å². The molecule has 7 nitrogen and oxygen atoms in total. The molecule has 136 valence electrons. The lowest BCUT2D eigenvalue weighted by atomic mass is 10.2. The molecule has 3 amide bonds. The molecule has 2 N–H and O–H groups in total. The van der Waals surface area contributed by atoms with Gasteiger partial charge < -0.3 is 20.3 Å². The number of fused-ring (bicyclic) bond motifs is 2. The Balaban J connectivity index is 1.30. The Hall–Kier alpha value is -2.61. The topological polar surface area (TPSA) is 83.6 Å². The number of urea groups is 1. The third-order valence-electron chi connectivity index (χ3n) is 4.57. The molecule has 8 heteroatoms. The van der Waals surface area contributed by atoms with Gasteiger partial charge in [-0.25, -0.2) is 9.78 Å². The average Bonchev–Trinajstić information content (AvgIpc) is 3.20. The lowest BCUT2D eigenvalue weighted by Crippen LogP contribution is -2.35. The van der Waals surface area contributed by atoms with Crippen molar-refractivity contribution in [3.63, 3.8) is 0 Å². The highest BCUT2D eigenvalue weighted by atomic mass is 32.1. The van der Waals surface area contributed by atoms with Crippen molar-refractivity contribution in [2.24, 2.45) is 0 Å². The minimum atomic E-state index is -0.269. The molecule has 4 rings (SSSR count). The van der Waals surface area contributed by atoms with Crippen LogP contribution in [0.25, 0.3) is 0 Å². The number of nitrogens with one attached hydrogen (secondary N) is 2. The van der Waals surface area contributed by atoms with Crippen LogP contribution in [0.1, 0.15) is 22.0 Å². The van der Waals surface area contributed by atoms with Crippen molar-refractivity contribution in [2.45, 2.75) is 25.7 Å². The first-order valence-corrected chi connectivity index (χ1v) is 9.47. The molecule has 0 saturated heterocycles. The predicted octanol–water partition coefficient (Wildman–Crippen LogP) is 2.35. The largest absolute Gasteiger partial charge is 0.481 e. The Labute approximate surface area is 155 Å². The van der Waals surface area contributed by atoms with Crippen LogP contribution in [0.2, 0.25) is 0 Å². The third-order valence-corrected chi connectivity index (χ3v) is 5.79. The quantitative estimate of drug-likeness (QED) is 0.863. The van der Waals surface area contributed by atoms with Gasteiger partial charge in [-0.15, -0.1) is 11.3 Å². The maximum absolute atomic E-state index is 12.1. The number of nitrogens with zero attached hydrogens (tertiary/aromatic N) is 2. The summed E-state index contributed by atoms with van der Waals surface area (Å²) < 4.78 is 5.43. The fourth-order valence-corrected chi connectivity index (χ4v) is 4.32. The predicted molar refractivity (Wildman–Crippen MR) is 100 cm³/mol. The van der Waals surface area contributed by atoms with E-state index in [0.29, 0.717) is 23.7 Å². The highest BCUT2D eigenvalue weighted by Crippen LogP contribution is 2.33. The minimum Gasteiger partial charge on any atom is -0.481 e. The van der Waals surface area contributed by atoms with Crippen LogP contribution in [0.15, 0.2) is 18.2 Å². The van der Waals surface area contributed by atoms with Crippen LogP contribution < -0.4 is 20.3 Å². The lowest BCUT2D eigenvalue weighted by molar-refractivity contribution is -0.120. The molecule has 26 heavy (non-hydrogen) atoms. The van der Waals surface area contributed by atoms with Crippen LogP contribution in [0.4, 0.5) is 16.2 Å². The van der Waals surface area contributed by atoms with Gasteiger partial charge in [0.05, 0.1) is 16.4 Å². The van der Waals surface area contributed by atoms with Crippen LogP contribution in [0, 0.1) is 0 Å². The standard InChI is InChI=1S/C18H20N4O3S/c1-22-13-6-5-11(9-14(13)25-10-17(22)23)20-18(24)19-8-7-16-21-12-3-2-4-15(12)26-16/h5-6,9H,2-4,7-8,10H2,1H3,(H2,19,20,24). The van der Waals surface area contributed by atoms with Crippen molar-refractivity contribution in [3.8, 4) is 5.75 Å². The van der Waals surface area contributed by atoms with Gasteiger partial charge in [0, 0.05) is 36.6 Å². The van der Waals surface area contributed by atoms with Crippen molar-refractivity contribution >= 4 is 34.6 Å². The summed E-state index contributed by atoms with van der Waals surface area (Å²) in [6, 6.07) is 4.97. The van der Waals surface area contributed by atoms with Gasteiger partial charge in [-0.3, -0.25) is 4.79 Å². The summed E-state index contributed by atoms with van der Waals surface area (Å²) >= 11 is 1.76. The molecule has 0 atom stereocenters. The summed E-state index contributed by atoms with van der Waals surface area (Å²) in [7, 11) is 1.71. The number of hydrogen-bond donors (Lipinski definition) is 2. The van der Waals surface area contributed by atoms with E-state index in [1.165, 1.54) is 17.0 Å². The second-order valence-corrected chi connectivity index (χ2v) is 7.55. The zero-order valence-electron chi connectivity index (χ0n) is 14.5. The molecule has 0 unspecified atom stereocenters. The van der Waals surface area contributed by atoms with E-state index in [9.17, 15) is 9.59 Å². The SMILES string of the molecule is CN1C(=O)COc2cc(NC(=O)NCCc3nc4c(s3)CCC4)ccc21. The van der Waals surface area contributed by atoms with Gasteiger partial charge in [-0.2, -0.15) is 0 Å². The van der Waals surface area contributed by atoms with Gasteiger partial charge in [0.15, 0.2) is 6.61 Å². The van der Waals surface area contributed by atoms with E-state index in [4.69, 9.17) is 4.74 Å². The molecule has 0 spiro atoms. The third kappa shape index (κ3) is 3.37. The summed E-state index contributed by atoms with van der Waals surface area (Å²) in [4.78, 5) is 31.3. The monoisotopic (exact) mass is 372 g/mol. The molecule has 1 aromatic carbocycles. The molecule has 2 heterocycles. The molecule has 0 fully saturated rings. The molecule has 1 aliphatic heterocycles. The zero-order chi connectivity index (χ0) is 18.1. The van der Waals surface area contributed by atoms with Crippen LogP contribution in [-0.4, -0.2) is 37.1 Å². The summed E-state index contributed by atoms with van der Waals surface area (Å²) in [5.41, 5.74) is 2.56. The normalized spacial score (nSPS) is 15.3. The van der Waals surface area contributed by atoms with Gasteiger partial charge in [0.2, 0.25) is 0 Å². The van der Waals surface area contributed by atoms with E-state index < -0.39 is 0 Å². The van der Waals surface area contributed by atoms with Gasteiger partial charge >= 0.3 is 6.03 Å². The highest BCUT2D eigenvalue weighted by Gasteiger charge is 2.22. The number of aryl methyl sites for hydroxylation is 2. The first-order chi connectivity index (χ1) is 12.6. The van der Waals surface area contributed by atoms with E-state index >= 15 is 0 Å². The Morgan fingerprint density at radius 1 is 1.38 bits per heavy atom. The molecule has 2 aromatic rings. The minimum absolute atomic E-state index is 0.0109. The van der Waals surface area contributed by atoms with Gasteiger partial charge in [0.25, 0.3) is 5.91 Å². The van der Waals surface area contributed by atoms with Crippen LogP contribution >= 0.6 is 11.3 Å². The second kappa shape index (κ2) is 6.95. The van der Waals surface area contributed by atoms with Gasteiger partial charge in [-0.05, 0) is 31.4 Å². The van der Waals surface area contributed by atoms with Crippen molar-refractivity contribution in [1.82, 2.24) is 10.3 Å². The van der Waals surface area contributed by atoms with Crippen LogP contribution in [0.5, 0.6) is 5.75 Å². The summed E-state index contributed by atoms with van der Waals surface area (Å²) in [5.74, 6) is 0.492. The molecule has 1 aromatic heterocycles. The first kappa shape index (κ1) is 16.8. The number of carbonyl (C=O) groups is 2. The number of thiazole rings is 1. The first-order valence-electron chi connectivity index (χ1n) is 8.66. The van der Waals surface area contributed by atoms with Crippen molar-refractivity contribution in [1.29, 1.82) is 0 Å². The van der Waals surface area contributed by atoms with Crippen molar-refractivity contribution in [2.75, 3.05) is 30.4 Å². The Morgan fingerprint density at radius 2 is 2.27 bits per heavy atom. The summed E-state index contributed by atoms with van der Waals surface area (Å²) in [5, 5.41) is 6.73. The smallest absolute Gasteiger partial charge is 0.319 e. The number of ether oxygens (including phenoxy) is 1. The molecular formula is C18H20N4O3S. The van der Waals surface area contributed by atoms with E-state index in [0.717, 1.165) is 24.3 Å². The molecular weight excluding hydrogens is 352 g/mol. The number of carbonyl (C=O) groups excluding carboxylic acids is 2. The Morgan fingerprint density at radius 3 is 3.12 bits per heavy atom. The van der Waals surface area contributed by atoms with Crippen molar-refractivity contribution in [3.05, 3.63) is 33.8 Å². The average molecular weight is 372 g/mol. The number of aromatic nitrogens is 1. The van der Waals surface area contributed by atoms with E-state index in [-0.39, 0.29) is 18.5 Å². The van der Waals surface area contributed by atoms with E-state index in [1.807, 2.05) is 0 Å². The molecule has 1 aliphatic carbocycles. The maximum Gasteiger partial charge on any atom is 0.319 e. The van der Waals surface area contributed by atoms with E-state index in [2.05, 4.69) is 15.6 Å². The number of rotatable bonds is 4. The highest BCUT2D eigenvalue weighted by molar-refractivity contribution is 7.11. The Bertz CT molecular complexity index is 843. The van der Waals surface area contributed by atoms with Gasteiger partial charge in [0.1, 0.15) is 5.75 Å². The number of anilines is 2. The van der Waals surface area contributed by atoms with Crippen LogP contribution in [0.3, 0.4) is 0 Å². The zero-order valence-corrected chi connectivity index (χ0v) is 15.3. The molecule has 0 saturated carbocycles. The molecule has 2 aliphatic rings. The molecule has 0 radical (unpaired) electrons. The summed E-state index contributed by atoms with van der Waals surface area (Å²) in [6.45, 7) is 0.549. The molecule has 0 bridgehead atoms. The fourth-order valence-electron chi connectivity index (χ4n) is 3.16. The number of likely N-dealkylation sites (N-methyl/N-ethyl adjacent to an activating group) is 1. The van der Waals surface area contributed by atoms with Crippen LogP contribution in [-0.2, 0) is 24.1 Å².